The summed E-state index contributed by atoms with van der Waals surface area (Å²) in [5.74, 6) is -0.916. The molecule has 0 atom stereocenters. The van der Waals surface area contributed by atoms with Gasteiger partial charge in [-0.25, -0.2) is 9.37 Å². The van der Waals surface area contributed by atoms with E-state index >= 15 is 0 Å². The predicted molar refractivity (Wildman–Crippen MR) is 65.7 cm³/mol. The molecule has 0 radical (unpaired) electrons. The van der Waals surface area contributed by atoms with Crippen molar-refractivity contribution in [3.63, 3.8) is 0 Å². The third kappa shape index (κ3) is 2.25. The molecule has 0 aliphatic carbocycles. The van der Waals surface area contributed by atoms with Crippen LogP contribution in [0.5, 0.6) is 0 Å². The van der Waals surface area contributed by atoms with Crippen molar-refractivity contribution in [2.45, 2.75) is 20.4 Å². The smallest absolute Gasteiger partial charge is 0.248 e. The van der Waals surface area contributed by atoms with Crippen LogP contribution >= 0.6 is 0 Å². The Hall–Kier alpha value is -2.17. The molecule has 1 aromatic heterocycles. The molecule has 1 amide bonds. The lowest BCUT2D eigenvalue weighted by Crippen LogP contribution is -2.12. The van der Waals surface area contributed by atoms with Crippen molar-refractivity contribution in [3.8, 4) is 0 Å². The normalized spacial score (nSPS) is 10.6. The standard InChI is InChI=1S/C13H14FN3O/c1-8-9(2)17(7-16-8)6-11-5-10(13(15)18)3-4-12(11)14/h3-5,7H,6H2,1-2H3,(H2,15,18). The first-order chi connectivity index (χ1) is 8.49. The molecule has 0 unspecified atom stereocenters. The summed E-state index contributed by atoms with van der Waals surface area (Å²) in [5, 5.41) is 0. The number of benzene rings is 1. The fourth-order valence-corrected chi connectivity index (χ4v) is 1.74. The van der Waals surface area contributed by atoms with Crippen molar-refractivity contribution in [2.24, 2.45) is 5.73 Å². The minimum atomic E-state index is -0.560. The Labute approximate surface area is 104 Å². The maximum atomic E-state index is 13.7. The topological polar surface area (TPSA) is 60.9 Å². The van der Waals surface area contributed by atoms with Gasteiger partial charge >= 0.3 is 0 Å². The molecule has 0 bridgehead atoms. The summed E-state index contributed by atoms with van der Waals surface area (Å²) in [6.07, 6.45) is 1.65. The molecule has 0 saturated carbocycles. The molecule has 1 aromatic carbocycles. The highest BCUT2D eigenvalue weighted by Gasteiger charge is 2.09. The van der Waals surface area contributed by atoms with E-state index in [1.165, 1.54) is 18.2 Å². The summed E-state index contributed by atoms with van der Waals surface area (Å²) in [6, 6.07) is 4.12. The van der Waals surface area contributed by atoms with Gasteiger partial charge in [-0.05, 0) is 32.0 Å². The van der Waals surface area contributed by atoms with Crippen LogP contribution in [-0.2, 0) is 6.54 Å². The van der Waals surface area contributed by atoms with E-state index in [-0.39, 0.29) is 5.82 Å². The summed E-state index contributed by atoms with van der Waals surface area (Å²) >= 11 is 0. The zero-order chi connectivity index (χ0) is 13.3. The molecule has 94 valence electrons. The number of hydrogen-bond acceptors (Lipinski definition) is 2. The number of carbonyl (C=O) groups is 1. The molecule has 4 nitrogen and oxygen atoms in total. The third-order valence-corrected chi connectivity index (χ3v) is 3.02. The van der Waals surface area contributed by atoms with E-state index in [4.69, 9.17) is 5.73 Å². The Morgan fingerprint density at radius 1 is 1.44 bits per heavy atom. The number of aromatic nitrogens is 2. The molecular weight excluding hydrogens is 233 g/mol. The number of imidazole rings is 1. The van der Waals surface area contributed by atoms with E-state index in [1.807, 2.05) is 18.4 Å². The highest BCUT2D eigenvalue weighted by Crippen LogP contribution is 2.14. The Kier molecular flexibility index (Phi) is 3.14. The first kappa shape index (κ1) is 12.3. The van der Waals surface area contributed by atoms with Crippen molar-refractivity contribution in [2.75, 3.05) is 0 Å². The average molecular weight is 247 g/mol. The fraction of sp³-hybridized carbons (Fsp3) is 0.231. The number of halogens is 1. The van der Waals surface area contributed by atoms with Crippen molar-refractivity contribution >= 4 is 5.91 Å². The van der Waals surface area contributed by atoms with Gasteiger partial charge in [0, 0.05) is 16.8 Å². The number of rotatable bonds is 3. The van der Waals surface area contributed by atoms with E-state index in [0.29, 0.717) is 17.7 Å². The first-order valence-corrected chi connectivity index (χ1v) is 5.55. The van der Waals surface area contributed by atoms with Gasteiger partial charge in [-0.15, -0.1) is 0 Å². The molecule has 0 saturated heterocycles. The van der Waals surface area contributed by atoms with Gasteiger partial charge in [-0.3, -0.25) is 4.79 Å². The highest BCUT2D eigenvalue weighted by molar-refractivity contribution is 5.92. The van der Waals surface area contributed by atoms with Crippen LogP contribution in [0.15, 0.2) is 24.5 Å². The van der Waals surface area contributed by atoms with Gasteiger partial charge in [0.1, 0.15) is 5.82 Å². The van der Waals surface area contributed by atoms with Gasteiger partial charge < -0.3 is 10.3 Å². The Balaban J connectivity index is 2.36. The lowest BCUT2D eigenvalue weighted by atomic mass is 10.1. The summed E-state index contributed by atoms with van der Waals surface area (Å²) in [7, 11) is 0. The third-order valence-electron chi connectivity index (χ3n) is 3.02. The van der Waals surface area contributed by atoms with Gasteiger partial charge in [0.15, 0.2) is 0 Å². The molecule has 0 fully saturated rings. The quantitative estimate of drug-likeness (QED) is 0.898. The van der Waals surface area contributed by atoms with E-state index < -0.39 is 5.91 Å². The van der Waals surface area contributed by atoms with Crippen molar-refractivity contribution in [1.29, 1.82) is 0 Å². The molecule has 2 N–H and O–H groups in total. The number of hydrogen-bond donors (Lipinski definition) is 1. The molecule has 2 rings (SSSR count). The lowest BCUT2D eigenvalue weighted by molar-refractivity contribution is 0.1000. The SMILES string of the molecule is Cc1ncn(Cc2cc(C(N)=O)ccc2F)c1C. The molecule has 1 heterocycles. The Morgan fingerprint density at radius 3 is 2.72 bits per heavy atom. The second kappa shape index (κ2) is 4.60. The average Bonchev–Trinajstić information content (AvgIpc) is 2.63. The lowest BCUT2D eigenvalue weighted by Gasteiger charge is -2.08. The van der Waals surface area contributed by atoms with Crippen LogP contribution in [0.2, 0.25) is 0 Å². The van der Waals surface area contributed by atoms with E-state index in [9.17, 15) is 9.18 Å². The van der Waals surface area contributed by atoms with E-state index in [0.717, 1.165) is 11.4 Å². The van der Waals surface area contributed by atoms with Crippen molar-refractivity contribution in [1.82, 2.24) is 9.55 Å². The maximum Gasteiger partial charge on any atom is 0.248 e. The van der Waals surface area contributed by atoms with Gasteiger partial charge in [0.2, 0.25) is 5.91 Å². The molecule has 0 aliphatic rings. The van der Waals surface area contributed by atoms with Crippen LogP contribution in [0.4, 0.5) is 4.39 Å². The van der Waals surface area contributed by atoms with Gasteiger partial charge in [0.25, 0.3) is 0 Å². The van der Waals surface area contributed by atoms with Gasteiger partial charge in [-0.2, -0.15) is 0 Å². The zero-order valence-corrected chi connectivity index (χ0v) is 10.3. The number of carbonyl (C=O) groups excluding carboxylic acids is 1. The van der Waals surface area contributed by atoms with Crippen molar-refractivity contribution in [3.05, 3.63) is 52.9 Å². The Morgan fingerprint density at radius 2 is 2.17 bits per heavy atom. The number of amides is 1. The minimum Gasteiger partial charge on any atom is -0.366 e. The molecular formula is C13H14FN3O. The van der Waals surface area contributed by atoms with Crippen LogP contribution in [0.1, 0.15) is 27.3 Å². The molecule has 0 spiro atoms. The summed E-state index contributed by atoms with van der Waals surface area (Å²) < 4.78 is 15.5. The monoisotopic (exact) mass is 247 g/mol. The van der Waals surface area contributed by atoms with Crippen LogP contribution in [0.25, 0.3) is 0 Å². The number of nitrogens with zero attached hydrogens (tertiary/aromatic N) is 2. The van der Waals surface area contributed by atoms with Crippen LogP contribution in [0, 0.1) is 19.7 Å². The summed E-state index contributed by atoms with van der Waals surface area (Å²) in [6.45, 7) is 4.14. The van der Waals surface area contributed by atoms with Crippen LogP contribution < -0.4 is 5.73 Å². The molecule has 18 heavy (non-hydrogen) atoms. The summed E-state index contributed by atoms with van der Waals surface area (Å²) in [5.41, 5.74) is 7.78. The number of aryl methyl sites for hydroxylation is 1. The van der Waals surface area contributed by atoms with Gasteiger partial charge in [-0.1, -0.05) is 0 Å². The largest absolute Gasteiger partial charge is 0.366 e. The molecule has 2 aromatic rings. The van der Waals surface area contributed by atoms with Crippen LogP contribution in [-0.4, -0.2) is 15.5 Å². The summed E-state index contributed by atoms with van der Waals surface area (Å²) in [4.78, 5) is 15.2. The minimum absolute atomic E-state index is 0.306. The Bertz CT molecular complexity index is 604. The number of primary amides is 1. The highest BCUT2D eigenvalue weighted by atomic mass is 19.1. The second-order valence-corrected chi connectivity index (χ2v) is 4.21. The van der Waals surface area contributed by atoms with Gasteiger partial charge in [0.05, 0.1) is 18.6 Å². The zero-order valence-electron chi connectivity index (χ0n) is 10.3. The van der Waals surface area contributed by atoms with Crippen LogP contribution in [0.3, 0.4) is 0 Å². The fourth-order valence-electron chi connectivity index (χ4n) is 1.74. The second-order valence-electron chi connectivity index (χ2n) is 4.21. The van der Waals surface area contributed by atoms with E-state index in [2.05, 4.69) is 4.98 Å². The predicted octanol–water partition coefficient (Wildman–Crippen LogP) is 1.79. The van der Waals surface area contributed by atoms with Crippen molar-refractivity contribution < 1.29 is 9.18 Å². The molecule has 5 heteroatoms. The maximum absolute atomic E-state index is 13.7. The number of nitrogens with two attached hydrogens (primary N) is 1. The van der Waals surface area contributed by atoms with E-state index in [1.54, 1.807) is 6.33 Å². The molecule has 0 aliphatic heterocycles. The first-order valence-electron chi connectivity index (χ1n) is 5.55.